The first-order valence-corrected chi connectivity index (χ1v) is 10.1. The van der Waals surface area contributed by atoms with E-state index in [1.165, 1.54) is 51.4 Å². The third-order valence-electron chi connectivity index (χ3n) is 5.95. The minimum Gasteiger partial charge on any atom is -0.400 e. The van der Waals surface area contributed by atoms with E-state index in [4.69, 9.17) is 10.8 Å². The molecular weight excluding hydrogens is 306 g/mol. The molecule has 0 saturated heterocycles. The molecule has 0 bridgehead atoms. The van der Waals surface area contributed by atoms with Crippen LogP contribution in [-0.4, -0.2) is 17.8 Å². The Morgan fingerprint density at radius 3 is 2.68 bits per heavy atom. The molecule has 3 rings (SSSR count). The fourth-order valence-corrected chi connectivity index (χ4v) is 4.52. The number of allylic oxidation sites excluding steroid dienone is 2. The normalized spacial score (nSPS) is 28.5. The topological polar surface area (TPSA) is 46.2 Å². The van der Waals surface area contributed by atoms with Crippen molar-refractivity contribution in [2.75, 3.05) is 7.11 Å². The van der Waals surface area contributed by atoms with Crippen molar-refractivity contribution in [2.24, 2.45) is 11.7 Å². The van der Waals surface area contributed by atoms with Gasteiger partial charge in [0.1, 0.15) is 0 Å². The van der Waals surface area contributed by atoms with Crippen LogP contribution in [0, 0.1) is 5.92 Å². The highest BCUT2D eigenvalue weighted by Crippen LogP contribution is 2.40. The second-order valence-electron chi connectivity index (χ2n) is 8.19. The van der Waals surface area contributed by atoms with Gasteiger partial charge in [-0.1, -0.05) is 37.3 Å². The van der Waals surface area contributed by atoms with Gasteiger partial charge in [0.2, 0.25) is 0 Å². The maximum atomic E-state index is 7.00. The standard InChI is InChI=1S/C22H33N.CH4O/c1-3-4-5-6-7-17-8-9-19-15-20(11-10-18(19)14-17)21-12-13-22(2,23)16-21;1-2/h4-5,10-11,15,17,21H,3,6-9,12-14,16,23H2,1-2H3;2H,1H3/b5-4-;/t17-,21-,22+;/m0./s1. The predicted octanol–water partition coefficient (Wildman–Crippen LogP) is 5.13. The summed E-state index contributed by atoms with van der Waals surface area (Å²) in [6, 6.07) is 7.32. The predicted molar refractivity (Wildman–Crippen MR) is 108 cm³/mol. The molecule has 0 amide bonds. The molecule has 1 aromatic carbocycles. The van der Waals surface area contributed by atoms with Gasteiger partial charge in [-0.15, -0.1) is 0 Å². The van der Waals surface area contributed by atoms with Crippen molar-refractivity contribution in [2.45, 2.75) is 83.1 Å². The lowest BCUT2D eigenvalue weighted by Crippen LogP contribution is -2.32. The molecule has 0 aromatic heterocycles. The monoisotopic (exact) mass is 343 g/mol. The number of aryl methyl sites for hydroxylation is 1. The molecule has 0 unspecified atom stereocenters. The lowest BCUT2D eigenvalue weighted by atomic mass is 9.80. The summed E-state index contributed by atoms with van der Waals surface area (Å²) in [6.45, 7) is 4.42. The zero-order valence-corrected chi connectivity index (χ0v) is 16.4. The molecule has 2 nitrogen and oxygen atoms in total. The second kappa shape index (κ2) is 9.54. The number of fused-ring (bicyclic) bond motifs is 1. The van der Waals surface area contributed by atoms with Crippen molar-refractivity contribution >= 4 is 0 Å². The van der Waals surface area contributed by atoms with Gasteiger partial charge in [-0.3, -0.25) is 0 Å². The fourth-order valence-electron chi connectivity index (χ4n) is 4.52. The number of nitrogens with two attached hydrogens (primary N) is 1. The van der Waals surface area contributed by atoms with Crippen LogP contribution < -0.4 is 5.73 Å². The molecule has 1 fully saturated rings. The van der Waals surface area contributed by atoms with E-state index in [0.29, 0.717) is 5.92 Å². The Bertz CT molecular complexity index is 561. The average Bonchev–Trinajstić information content (AvgIpc) is 3.00. The van der Waals surface area contributed by atoms with Crippen molar-refractivity contribution in [1.82, 2.24) is 0 Å². The quantitative estimate of drug-likeness (QED) is 0.728. The van der Waals surface area contributed by atoms with Gasteiger partial charge in [-0.25, -0.2) is 0 Å². The van der Waals surface area contributed by atoms with Gasteiger partial charge in [-0.2, -0.15) is 0 Å². The highest BCUT2D eigenvalue weighted by molar-refractivity contribution is 5.36. The van der Waals surface area contributed by atoms with Crippen molar-refractivity contribution in [3.05, 3.63) is 47.0 Å². The summed E-state index contributed by atoms with van der Waals surface area (Å²) in [6.07, 6.45) is 16.0. The first-order valence-electron chi connectivity index (χ1n) is 10.1. The first-order chi connectivity index (χ1) is 12.1. The van der Waals surface area contributed by atoms with Gasteiger partial charge in [-0.05, 0) is 93.2 Å². The minimum absolute atomic E-state index is 0.0532. The van der Waals surface area contributed by atoms with Gasteiger partial charge in [0.15, 0.2) is 0 Å². The van der Waals surface area contributed by atoms with Crippen molar-refractivity contribution in [1.29, 1.82) is 0 Å². The number of rotatable bonds is 5. The Hall–Kier alpha value is -1.12. The first kappa shape index (κ1) is 20.2. The highest BCUT2D eigenvalue weighted by atomic mass is 16.2. The number of aliphatic hydroxyl groups excluding tert-OH is 1. The summed E-state index contributed by atoms with van der Waals surface area (Å²) in [5, 5.41) is 7.00. The van der Waals surface area contributed by atoms with Crippen LogP contribution in [-0.2, 0) is 12.8 Å². The molecule has 0 aliphatic heterocycles. The molecule has 140 valence electrons. The van der Waals surface area contributed by atoms with Crippen LogP contribution in [0.1, 0.15) is 81.4 Å². The van der Waals surface area contributed by atoms with E-state index in [-0.39, 0.29) is 5.54 Å². The van der Waals surface area contributed by atoms with Crippen LogP contribution in [0.4, 0.5) is 0 Å². The molecule has 0 radical (unpaired) electrons. The van der Waals surface area contributed by atoms with Crippen LogP contribution in [0.3, 0.4) is 0 Å². The van der Waals surface area contributed by atoms with Gasteiger partial charge >= 0.3 is 0 Å². The molecular formula is C23H37NO. The Balaban J connectivity index is 0.00000109. The fraction of sp³-hybridized carbons (Fsp3) is 0.652. The zero-order chi connectivity index (χ0) is 18.3. The van der Waals surface area contributed by atoms with E-state index >= 15 is 0 Å². The summed E-state index contributed by atoms with van der Waals surface area (Å²) < 4.78 is 0. The minimum atomic E-state index is 0.0532. The number of aliphatic hydroxyl groups is 1. The molecule has 0 spiro atoms. The van der Waals surface area contributed by atoms with E-state index in [0.717, 1.165) is 19.4 Å². The third kappa shape index (κ3) is 5.69. The highest BCUT2D eigenvalue weighted by Gasteiger charge is 2.32. The molecule has 3 N–H and O–H groups in total. The van der Waals surface area contributed by atoms with Crippen LogP contribution in [0.15, 0.2) is 30.4 Å². The summed E-state index contributed by atoms with van der Waals surface area (Å²) in [7, 11) is 1.00. The Labute approximate surface area is 154 Å². The Kier molecular flexibility index (Phi) is 7.71. The van der Waals surface area contributed by atoms with Gasteiger partial charge in [0.25, 0.3) is 0 Å². The number of hydrogen-bond acceptors (Lipinski definition) is 2. The van der Waals surface area contributed by atoms with E-state index in [2.05, 4.69) is 44.2 Å². The summed E-state index contributed by atoms with van der Waals surface area (Å²) >= 11 is 0. The zero-order valence-electron chi connectivity index (χ0n) is 16.4. The molecule has 2 aliphatic rings. The van der Waals surface area contributed by atoms with Gasteiger partial charge in [0, 0.05) is 12.6 Å². The smallest absolute Gasteiger partial charge is 0.0319 e. The maximum absolute atomic E-state index is 7.00. The van der Waals surface area contributed by atoms with E-state index in [1.54, 1.807) is 16.7 Å². The number of hydrogen-bond donors (Lipinski definition) is 2. The average molecular weight is 344 g/mol. The van der Waals surface area contributed by atoms with E-state index < -0.39 is 0 Å². The molecule has 3 atom stereocenters. The van der Waals surface area contributed by atoms with Crippen molar-refractivity contribution < 1.29 is 5.11 Å². The van der Waals surface area contributed by atoms with Crippen LogP contribution in [0.25, 0.3) is 0 Å². The molecule has 1 aromatic rings. The van der Waals surface area contributed by atoms with Gasteiger partial charge < -0.3 is 10.8 Å². The van der Waals surface area contributed by atoms with E-state index in [9.17, 15) is 0 Å². The third-order valence-corrected chi connectivity index (χ3v) is 5.95. The molecule has 2 aliphatic carbocycles. The van der Waals surface area contributed by atoms with E-state index in [1.807, 2.05) is 0 Å². The second-order valence-corrected chi connectivity index (χ2v) is 8.19. The van der Waals surface area contributed by atoms with Gasteiger partial charge in [0.05, 0.1) is 0 Å². The lowest BCUT2D eigenvalue weighted by Gasteiger charge is -2.26. The van der Waals surface area contributed by atoms with Crippen LogP contribution >= 0.6 is 0 Å². The molecule has 25 heavy (non-hydrogen) atoms. The summed E-state index contributed by atoms with van der Waals surface area (Å²) in [5.41, 5.74) is 11.1. The summed E-state index contributed by atoms with van der Waals surface area (Å²) in [4.78, 5) is 0. The van der Waals surface area contributed by atoms with Crippen molar-refractivity contribution in [3.63, 3.8) is 0 Å². The molecule has 2 heteroatoms. The largest absolute Gasteiger partial charge is 0.400 e. The molecule has 1 saturated carbocycles. The lowest BCUT2D eigenvalue weighted by molar-refractivity contribution is 0.399. The summed E-state index contributed by atoms with van der Waals surface area (Å²) in [5.74, 6) is 1.57. The molecule has 0 heterocycles. The van der Waals surface area contributed by atoms with Crippen LogP contribution in [0.5, 0.6) is 0 Å². The Morgan fingerprint density at radius 2 is 2.00 bits per heavy atom. The van der Waals surface area contributed by atoms with Crippen LogP contribution in [0.2, 0.25) is 0 Å². The van der Waals surface area contributed by atoms with Crippen molar-refractivity contribution in [3.8, 4) is 0 Å². The maximum Gasteiger partial charge on any atom is 0.0319 e. The Morgan fingerprint density at radius 1 is 1.20 bits per heavy atom. The number of benzene rings is 1. The SMILES string of the molecule is CC/C=C\CC[C@H]1CCc2cc([C@H]3CC[C@@](C)(N)C3)ccc2C1.CO.